The first-order chi connectivity index (χ1) is 14.7. The zero-order valence-electron chi connectivity index (χ0n) is 20.0. The van der Waals surface area contributed by atoms with Crippen LogP contribution >= 0.6 is 0 Å². The van der Waals surface area contributed by atoms with Gasteiger partial charge in [-0.2, -0.15) is 0 Å². The summed E-state index contributed by atoms with van der Waals surface area (Å²) in [4.78, 5) is 12.5. The van der Waals surface area contributed by atoms with E-state index in [1.807, 2.05) is 0 Å². The minimum absolute atomic E-state index is 0.0873. The third kappa shape index (κ3) is 4.72. The Bertz CT molecular complexity index is 854. The van der Waals surface area contributed by atoms with Crippen LogP contribution in [0.5, 0.6) is 0 Å². The van der Waals surface area contributed by atoms with Crippen molar-refractivity contribution in [3.05, 3.63) is 72.5 Å². The fourth-order valence-electron chi connectivity index (χ4n) is 5.31. The Hall–Kier alpha value is -2.13. The molecule has 0 spiro atoms. The molecule has 2 aromatic rings. The molecule has 166 valence electrons. The molecule has 0 aliphatic heterocycles. The highest BCUT2D eigenvalue weighted by atomic mass is 28.4. The first kappa shape index (κ1) is 23.5. The molecular formula is C28H38O2Si. The summed E-state index contributed by atoms with van der Waals surface area (Å²) in [6, 6.07) is 21.5. The SMILES string of the molecule is CC=C(O[Si](c1ccccc1)(c1ccccc1)C(C)(C)C)C1CC(=O)CCC1C(C)C. The molecule has 0 heterocycles. The summed E-state index contributed by atoms with van der Waals surface area (Å²) in [6.07, 6.45) is 4.40. The number of Topliss-reactive ketones (excluding diaryl/α,β-unsaturated/α-hetero) is 1. The lowest BCUT2D eigenvalue weighted by molar-refractivity contribution is -0.123. The molecule has 0 amide bonds. The van der Waals surface area contributed by atoms with Gasteiger partial charge >= 0.3 is 8.32 Å². The molecule has 1 aliphatic rings. The highest BCUT2D eigenvalue weighted by Crippen LogP contribution is 2.43. The van der Waals surface area contributed by atoms with Gasteiger partial charge < -0.3 is 4.43 Å². The van der Waals surface area contributed by atoms with Crippen LogP contribution in [0.15, 0.2) is 72.5 Å². The van der Waals surface area contributed by atoms with Crippen molar-refractivity contribution < 1.29 is 9.22 Å². The van der Waals surface area contributed by atoms with E-state index in [0.717, 1.165) is 12.2 Å². The van der Waals surface area contributed by atoms with Gasteiger partial charge in [0.25, 0.3) is 0 Å². The maximum Gasteiger partial charge on any atom is 0.319 e. The van der Waals surface area contributed by atoms with Gasteiger partial charge in [0.2, 0.25) is 0 Å². The summed E-state index contributed by atoms with van der Waals surface area (Å²) in [5.74, 6) is 2.54. The molecule has 0 saturated heterocycles. The average Bonchev–Trinajstić information content (AvgIpc) is 2.75. The normalized spacial score (nSPS) is 20.7. The summed E-state index contributed by atoms with van der Waals surface area (Å²) in [7, 11) is -2.68. The second kappa shape index (κ2) is 9.56. The van der Waals surface area contributed by atoms with Crippen LogP contribution in [-0.2, 0) is 9.22 Å². The highest BCUT2D eigenvalue weighted by molar-refractivity contribution is 6.99. The minimum Gasteiger partial charge on any atom is -0.537 e. The molecule has 0 aromatic heterocycles. The molecule has 2 aromatic carbocycles. The van der Waals surface area contributed by atoms with Crippen LogP contribution in [0.2, 0.25) is 5.04 Å². The van der Waals surface area contributed by atoms with E-state index < -0.39 is 8.32 Å². The molecule has 31 heavy (non-hydrogen) atoms. The maximum absolute atomic E-state index is 12.5. The van der Waals surface area contributed by atoms with Gasteiger partial charge in [-0.1, -0.05) is 101 Å². The van der Waals surface area contributed by atoms with Crippen LogP contribution < -0.4 is 10.4 Å². The van der Waals surface area contributed by atoms with Crippen molar-refractivity contribution in [3.8, 4) is 0 Å². The molecule has 1 aliphatic carbocycles. The Morgan fingerprint density at radius 2 is 1.52 bits per heavy atom. The predicted molar refractivity (Wildman–Crippen MR) is 133 cm³/mol. The topological polar surface area (TPSA) is 26.3 Å². The van der Waals surface area contributed by atoms with Gasteiger partial charge in [-0.05, 0) is 40.6 Å². The number of benzene rings is 2. The van der Waals surface area contributed by atoms with E-state index in [-0.39, 0.29) is 11.0 Å². The molecule has 1 saturated carbocycles. The van der Waals surface area contributed by atoms with Crippen LogP contribution in [0.25, 0.3) is 0 Å². The Morgan fingerprint density at radius 3 is 1.94 bits per heavy atom. The molecule has 0 N–H and O–H groups in total. The largest absolute Gasteiger partial charge is 0.537 e. The number of carbonyl (C=O) groups is 1. The van der Waals surface area contributed by atoms with E-state index in [4.69, 9.17) is 4.43 Å². The molecule has 0 bridgehead atoms. The van der Waals surface area contributed by atoms with Crippen molar-refractivity contribution in [1.29, 1.82) is 0 Å². The third-order valence-corrected chi connectivity index (χ3v) is 11.9. The van der Waals surface area contributed by atoms with E-state index in [2.05, 4.69) is 108 Å². The zero-order chi connectivity index (χ0) is 22.6. The fraction of sp³-hybridized carbons (Fsp3) is 0.464. The highest BCUT2D eigenvalue weighted by Gasteiger charge is 2.53. The Labute approximate surface area is 189 Å². The molecule has 2 nitrogen and oxygen atoms in total. The molecule has 2 atom stereocenters. The first-order valence-electron chi connectivity index (χ1n) is 11.7. The van der Waals surface area contributed by atoms with Gasteiger partial charge in [0.1, 0.15) is 5.78 Å². The first-order valence-corrected chi connectivity index (χ1v) is 13.6. The molecular weight excluding hydrogens is 396 g/mol. The van der Waals surface area contributed by atoms with E-state index in [9.17, 15) is 4.79 Å². The van der Waals surface area contributed by atoms with Gasteiger partial charge in [0.15, 0.2) is 0 Å². The lowest BCUT2D eigenvalue weighted by Crippen LogP contribution is -2.66. The second-order valence-corrected chi connectivity index (χ2v) is 14.5. The number of carbonyl (C=O) groups excluding carboxylic acids is 1. The fourth-order valence-corrected chi connectivity index (χ4v) is 9.87. The number of rotatable bonds is 6. The Morgan fingerprint density at radius 1 is 1.00 bits per heavy atom. The van der Waals surface area contributed by atoms with Crippen LogP contribution in [0, 0.1) is 17.8 Å². The number of allylic oxidation sites excluding steroid dienone is 2. The molecule has 3 rings (SSSR count). The van der Waals surface area contributed by atoms with Crippen LogP contribution in [0.1, 0.15) is 60.8 Å². The lowest BCUT2D eigenvalue weighted by Gasteiger charge is -2.46. The van der Waals surface area contributed by atoms with Crippen molar-refractivity contribution in [3.63, 3.8) is 0 Å². The summed E-state index contributed by atoms with van der Waals surface area (Å²) in [6.45, 7) is 13.5. The molecule has 1 fully saturated rings. The van der Waals surface area contributed by atoms with Crippen LogP contribution in [-0.4, -0.2) is 14.1 Å². The van der Waals surface area contributed by atoms with Crippen LogP contribution in [0.4, 0.5) is 0 Å². The number of hydrogen-bond donors (Lipinski definition) is 0. The second-order valence-electron chi connectivity index (χ2n) is 10.3. The van der Waals surface area contributed by atoms with Crippen LogP contribution in [0.3, 0.4) is 0 Å². The van der Waals surface area contributed by atoms with E-state index in [1.54, 1.807) is 0 Å². The monoisotopic (exact) mass is 434 g/mol. The van der Waals surface area contributed by atoms with Gasteiger partial charge in [-0.3, -0.25) is 4.79 Å². The lowest BCUT2D eigenvalue weighted by atomic mass is 9.72. The maximum atomic E-state index is 12.5. The van der Waals surface area contributed by atoms with E-state index in [1.165, 1.54) is 10.4 Å². The number of ketones is 1. The Balaban J connectivity index is 2.17. The minimum atomic E-state index is -2.68. The summed E-state index contributed by atoms with van der Waals surface area (Å²) in [5, 5.41) is 2.46. The van der Waals surface area contributed by atoms with Crippen molar-refractivity contribution in [2.45, 2.75) is 65.8 Å². The van der Waals surface area contributed by atoms with Crippen molar-refractivity contribution >= 4 is 24.5 Å². The molecule has 3 heteroatoms. The van der Waals surface area contributed by atoms with Gasteiger partial charge in [-0.25, -0.2) is 0 Å². The number of hydrogen-bond acceptors (Lipinski definition) is 2. The van der Waals surface area contributed by atoms with E-state index >= 15 is 0 Å². The molecule has 0 radical (unpaired) electrons. The van der Waals surface area contributed by atoms with Crippen molar-refractivity contribution in [1.82, 2.24) is 0 Å². The van der Waals surface area contributed by atoms with Gasteiger partial charge in [0.05, 0.1) is 5.76 Å². The standard InChI is InChI=1S/C28H38O2Si/c1-7-27(26-20-22(29)18-19-25(26)21(2)3)30-31(28(4,5)6,23-14-10-8-11-15-23)24-16-12-9-13-17-24/h7-17,21,25-26H,18-20H2,1-6H3. The van der Waals surface area contributed by atoms with Crippen molar-refractivity contribution in [2.75, 3.05) is 0 Å². The third-order valence-electron chi connectivity index (χ3n) is 6.91. The summed E-state index contributed by atoms with van der Waals surface area (Å²) < 4.78 is 7.34. The summed E-state index contributed by atoms with van der Waals surface area (Å²) >= 11 is 0. The van der Waals surface area contributed by atoms with Gasteiger partial charge in [-0.15, -0.1) is 0 Å². The predicted octanol–water partition coefficient (Wildman–Crippen LogP) is 6.11. The van der Waals surface area contributed by atoms with E-state index in [0.29, 0.717) is 30.5 Å². The average molecular weight is 435 g/mol. The Kier molecular flexibility index (Phi) is 7.26. The van der Waals surface area contributed by atoms with Crippen molar-refractivity contribution in [2.24, 2.45) is 17.8 Å². The summed E-state index contributed by atoms with van der Waals surface area (Å²) in [5.41, 5.74) is 0. The smallest absolute Gasteiger partial charge is 0.319 e. The quantitative estimate of drug-likeness (QED) is 0.405. The zero-order valence-corrected chi connectivity index (χ0v) is 21.0. The molecule has 2 unspecified atom stereocenters. The van der Waals surface area contributed by atoms with Gasteiger partial charge in [0, 0.05) is 18.8 Å².